The molecule has 0 spiro atoms. The molecule has 4 nitrogen and oxygen atoms in total. The van der Waals surface area contributed by atoms with Crippen LogP contribution in [0.15, 0.2) is 24.5 Å². The molecule has 1 atom stereocenters. The molecule has 1 unspecified atom stereocenters. The van der Waals surface area contributed by atoms with E-state index in [0.29, 0.717) is 13.2 Å². The minimum Gasteiger partial charge on any atom is -0.396 e. The first-order valence-corrected chi connectivity index (χ1v) is 5.08. The van der Waals surface area contributed by atoms with Crippen molar-refractivity contribution in [1.29, 1.82) is 0 Å². The van der Waals surface area contributed by atoms with Gasteiger partial charge in [-0.1, -0.05) is 0 Å². The van der Waals surface area contributed by atoms with Gasteiger partial charge in [-0.25, -0.2) is 0 Å². The number of nitrogens with zero attached hydrogens (tertiary/aromatic N) is 1. The van der Waals surface area contributed by atoms with Crippen molar-refractivity contribution < 1.29 is 9.84 Å². The van der Waals surface area contributed by atoms with Gasteiger partial charge in [-0.05, 0) is 24.7 Å². The van der Waals surface area contributed by atoms with Gasteiger partial charge in [0.1, 0.15) is 0 Å². The molecule has 1 fully saturated rings. The summed E-state index contributed by atoms with van der Waals surface area (Å²) in [5.74, 6) is 0. The van der Waals surface area contributed by atoms with E-state index in [-0.39, 0.29) is 18.1 Å². The fourth-order valence-corrected chi connectivity index (χ4v) is 2.10. The number of hydrogen-bond donors (Lipinski definition) is 2. The summed E-state index contributed by atoms with van der Waals surface area (Å²) >= 11 is 0. The van der Waals surface area contributed by atoms with Gasteiger partial charge in [0.25, 0.3) is 0 Å². The molecule has 0 amide bonds. The molecule has 15 heavy (non-hydrogen) atoms. The average Bonchev–Trinajstić information content (AvgIpc) is 2.24. The van der Waals surface area contributed by atoms with Gasteiger partial charge < -0.3 is 15.2 Å². The van der Waals surface area contributed by atoms with Crippen LogP contribution in [0, 0.1) is 5.41 Å². The summed E-state index contributed by atoms with van der Waals surface area (Å²) in [7, 11) is 1.90. The highest BCUT2D eigenvalue weighted by Gasteiger charge is 2.45. The number of aromatic nitrogens is 1. The zero-order valence-electron chi connectivity index (χ0n) is 8.81. The topological polar surface area (TPSA) is 54.4 Å². The zero-order chi connectivity index (χ0) is 10.7. The van der Waals surface area contributed by atoms with E-state index < -0.39 is 0 Å². The summed E-state index contributed by atoms with van der Waals surface area (Å²) in [5, 5.41) is 12.7. The predicted molar refractivity (Wildman–Crippen MR) is 56.4 cm³/mol. The number of pyridine rings is 1. The van der Waals surface area contributed by atoms with Gasteiger partial charge in [-0.15, -0.1) is 0 Å². The van der Waals surface area contributed by atoms with Crippen LogP contribution in [-0.4, -0.2) is 37.0 Å². The lowest BCUT2D eigenvalue weighted by atomic mass is 9.76. The maximum Gasteiger partial charge on any atom is 0.0596 e. The van der Waals surface area contributed by atoms with E-state index in [4.69, 9.17) is 4.74 Å². The molecule has 0 aliphatic carbocycles. The molecule has 1 aliphatic rings. The second kappa shape index (κ2) is 4.26. The van der Waals surface area contributed by atoms with Crippen molar-refractivity contribution in [2.75, 3.05) is 26.9 Å². The minimum absolute atomic E-state index is 0.124. The Bertz CT molecular complexity index is 306. The first-order valence-electron chi connectivity index (χ1n) is 5.08. The van der Waals surface area contributed by atoms with Crippen LogP contribution in [0.25, 0.3) is 0 Å². The summed E-state index contributed by atoms with van der Waals surface area (Å²) in [6.07, 6.45) is 3.54. The fraction of sp³-hybridized carbons (Fsp3) is 0.545. The Morgan fingerprint density at radius 3 is 2.60 bits per heavy atom. The molecule has 1 aromatic rings. The SMILES string of the molecule is CNC(c1ccncc1)C1(CO)COC1. The molecular weight excluding hydrogens is 192 g/mol. The quantitative estimate of drug-likeness (QED) is 0.749. The predicted octanol–water partition coefficient (Wildman–Crippen LogP) is 0.351. The molecule has 0 bridgehead atoms. The third kappa shape index (κ3) is 1.76. The van der Waals surface area contributed by atoms with Gasteiger partial charge in [0.15, 0.2) is 0 Å². The van der Waals surface area contributed by atoms with Crippen LogP contribution in [0.1, 0.15) is 11.6 Å². The van der Waals surface area contributed by atoms with Crippen molar-refractivity contribution in [3.05, 3.63) is 30.1 Å². The number of hydrogen-bond acceptors (Lipinski definition) is 4. The van der Waals surface area contributed by atoms with Crippen LogP contribution < -0.4 is 5.32 Å². The van der Waals surface area contributed by atoms with E-state index in [1.54, 1.807) is 12.4 Å². The number of aliphatic hydroxyl groups excluding tert-OH is 1. The fourth-order valence-electron chi connectivity index (χ4n) is 2.10. The Hall–Kier alpha value is -0.970. The third-order valence-corrected chi connectivity index (χ3v) is 3.03. The minimum atomic E-state index is -0.171. The van der Waals surface area contributed by atoms with Gasteiger partial charge in [-0.2, -0.15) is 0 Å². The number of rotatable bonds is 4. The Morgan fingerprint density at radius 1 is 1.53 bits per heavy atom. The van der Waals surface area contributed by atoms with Crippen molar-refractivity contribution in [3.63, 3.8) is 0 Å². The van der Waals surface area contributed by atoms with E-state index in [1.165, 1.54) is 0 Å². The summed E-state index contributed by atoms with van der Waals surface area (Å²) in [6, 6.07) is 4.06. The lowest BCUT2D eigenvalue weighted by Crippen LogP contribution is -2.53. The lowest BCUT2D eigenvalue weighted by Gasteiger charge is -2.45. The molecule has 0 aromatic carbocycles. The maximum atomic E-state index is 9.46. The van der Waals surface area contributed by atoms with Crippen LogP contribution in [-0.2, 0) is 4.74 Å². The second-order valence-corrected chi connectivity index (χ2v) is 4.02. The van der Waals surface area contributed by atoms with E-state index in [0.717, 1.165) is 5.56 Å². The van der Waals surface area contributed by atoms with Crippen LogP contribution in [0.5, 0.6) is 0 Å². The van der Waals surface area contributed by atoms with Gasteiger partial charge in [0.2, 0.25) is 0 Å². The molecule has 82 valence electrons. The van der Waals surface area contributed by atoms with Crippen LogP contribution in [0.4, 0.5) is 0 Å². The maximum absolute atomic E-state index is 9.46. The van der Waals surface area contributed by atoms with Crippen molar-refractivity contribution in [1.82, 2.24) is 10.3 Å². The van der Waals surface area contributed by atoms with E-state index in [1.807, 2.05) is 19.2 Å². The average molecular weight is 208 g/mol. The van der Waals surface area contributed by atoms with Crippen molar-refractivity contribution in [3.8, 4) is 0 Å². The monoisotopic (exact) mass is 208 g/mol. The molecule has 2 N–H and O–H groups in total. The molecule has 1 aromatic heterocycles. The molecule has 1 saturated heterocycles. The zero-order valence-corrected chi connectivity index (χ0v) is 8.81. The van der Waals surface area contributed by atoms with E-state index in [9.17, 15) is 5.11 Å². The van der Waals surface area contributed by atoms with Crippen LogP contribution >= 0.6 is 0 Å². The van der Waals surface area contributed by atoms with Gasteiger partial charge in [0.05, 0.1) is 25.2 Å². The van der Waals surface area contributed by atoms with Crippen LogP contribution in [0.3, 0.4) is 0 Å². The van der Waals surface area contributed by atoms with Gasteiger partial charge in [0, 0.05) is 18.4 Å². The summed E-state index contributed by atoms with van der Waals surface area (Å²) in [6.45, 7) is 1.36. The molecule has 0 radical (unpaired) electrons. The van der Waals surface area contributed by atoms with Gasteiger partial charge in [-0.3, -0.25) is 4.98 Å². The Labute approximate surface area is 89.3 Å². The number of ether oxygens (including phenoxy) is 1. The lowest BCUT2D eigenvalue weighted by molar-refractivity contribution is -0.155. The second-order valence-electron chi connectivity index (χ2n) is 4.02. The van der Waals surface area contributed by atoms with Crippen LogP contribution in [0.2, 0.25) is 0 Å². The molecule has 1 aliphatic heterocycles. The number of nitrogens with one attached hydrogen (secondary N) is 1. The molecular formula is C11H16N2O2. The standard InChI is InChI=1S/C11H16N2O2/c1-12-10(9-2-4-13-5-3-9)11(6-14)7-15-8-11/h2-5,10,12,14H,6-8H2,1H3. The van der Waals surface area contributed by atoms with Crippen molar-refractivity contribution in [2.24, 2.45) is 5.41 Å². The van der Waals surface area contributed by atoms with E-state index >= 15 is 0 Å². The molecule has 0 saturated carbocycles. The third-order valence-electron chi connectivity index (χ3n) is 3.03. The summed E-state index contributed by atoms with van der Waals surface area (Å²) in [5.41, 5.74) is 0.973. The first kappa shape index (κ1) is 10.5. The van der Waals surface area contributed by atoms with E-state index in [2.05, 4.69) is 10.3 Å². The summed E-state index contributed by atoms with van der Waals surface area (Å²) < 4.78 is 5.22. The molecule has 4 heteroatoms. The van der Waals surface area contributed by atoms with Gasteiger partial charge >= 0.3 is 0 Å². The first-order chi connectivity index (χ1) is 7.32. The van der Waals surface area contributed by atoms with Crippen molar-refractivity contribution in [2.45, 2.75) is 6.04 Å². The molecule has 2 rings (SSSR count). The number of aliphatic hydroxyl groups is 1. The largest absolute Gasteiger partial charge is 0.396 e. The molecule has 2 heterocycles. The highest BCUT2D eigenvalue weighted by atomic mass is 16.5. The normalized spacial score (nSPS) is 20.7. The smallest absolute Gasteiger partial charge is 0.0596 e. The highest BCUT2D eigenvalue weighted by Crippen LogP contribution is 2.39. The highest BCUT2D eigenvalue weighted by molar-refractivity contribution is 5.19. The Balaban J connectivity index is 2.24. The Morgan fingerprint density at radius 2 is 2.20 bits per heavy atom. The summed E-state index contributed by atoms with van der Waals surface area (Å²) in [4.78, 5) is 3.99. The van der Waals surface area contributed by atoms with Crippen molar-refractivity contribution >= 4 is 0 Å². The Kier molecular flexibility index (Phi) is 3.00.